The summed E-state index contributed by atoms with van der Waals surface area (Å²) in [6.07, 6.45) is 31.0. The van der Waals surface area contributed by atoms with E-state index in [9.17, 15) is 30.6 Å². The van der Waals surface area contributed by atoms with Crippen molar-refractivity contribution in [2.45, 2.75) is 81.4 Å². The normalized spacial score (nSPS) is 35.7. The molecule has 4 fully saturated rings. The Hall–Kier alpha value is -5.77. The van der Waals surface area contributed by atoms with E-state index in [4.69, 9.17) is 4.98 Å². The lowest BCUT2D eigenvalue weighted by atomic mass is 9.29. The van der Waals surface area contributed by atoms with Gasteiger partial charge >= 0.3 is 0 Å². The number of rotatable bonds is 7. The number of aliphatic hydroxyl groups is 1. The molecule has 0 amide bonds. The molecule has 63 heavy (non-hydrogen) atoms. The number of hydrogen-bond donors (Lipinski definition) is 8. The highest BCUT2D eigenvalue weighted by atomic mass is 16.3. The van der Waals surface area contributed by atoms with Crippen molar-refractivity contribution >= 4 is 22.9 Å². The van der Waals surface area contributed by atoms with Crippen LogP contribution < -0.4 is 5.32 Å². The fourth-order valence-electron chi connectivity index (χ4n) is 15.6. The van der Waals surface area contributed by atoms with Gasteiger partial charge in [0.05, 0.1) is 23.9 Å². The Morgan fingerprint density at radius 1 is 0.762 bits per heavy atom. The molecule has 0 radical (unpaired) electrons. The summed E-state index contributed by atoms with van der Waals surface area (Å²) >= 11 is 0. The van der Waals surface area contributed by atoms with Gasteiger partial charge in [0, 0.05) is 34.8 Å². The third-order valence-corrected chi connectivity index (χ3v) is 17.8. The summed E-state index contributed by atoms with van der Waals surface area (Å²) in [5.41, 5.74) is 4.93. The predicted molar refractivity (Wildman–Crippen MR) is 243 cm³/mol. The minimum atomic E-state index is -0.535. The number of aliphatic hydroxyl groups excluding tert-OH is 1. The van der Waals surface area contributed by atoms with E-state index in [1.165, 1.54) is 68.0 Å². The highest BCUT2D eigenvalue weighted by Crippen LogP contribution is 2.81. The minimum Gasteiger partial charge on any atom is -0.507 e. The summed E-state index contributed by atoms with van der Waals surface area (Å²) in [6.45, 7) is 0. The lowest BCUT2D eigenvalue weighted by Crippen LogP contribution is -2.78. The average Bonchev–Trinajstić information content (AvgIpc) is 4.07. The van der Waals surface area contributed by atoms with Crippen LogP contribution in [0.4, 0.5) is 0 Å². The molecule has 5 aromatic rings. The number of aryl methyl sites for hydroxylation is 1. The van der Waals surface area contributed by atoms with Crippen LogP contribution in [0.3, 0.4) is 0 Å². The Labute approximate surface area is 367 Å². The molecule has 7 aliphatic rings. The Kier molecular flexibility index (Phi) is 8.71. The molecule has 2 spiro atoms. The van der Waals surface area contributed by atoms with Gasteiger partial charge in [0.2, 0.25) is 0 Å². The number of aromatic hydroxyl groups is 5. The van der Waals surface area contributed by atoms with Gasteiger partial charge in [-0.3, -0.25) is 0 Å². The van der Waals surface area contributed by atoms with E-state index < -0.39 is 6.10 Å². The zero-order chi connectivity index (χ0) is 42.8. The zero-order valence-corrected chi connectivity index (χ0v) is 35.2. The Bertz CT molecular complexity index is 2760. The second-order valence-electron chi connectivity index (χ2n) is 19.9. The van der Waals surface area contributed by atoms with Gasteiger partial charge in [-0.15, -0.1) is 0 Å². The van der Waals surface area contributed by atoms with Crippen LogP contribution in [0.2, 0.25) is 0 Å². The molecule has 4 saturated carbocycles. The lowest BCUT2D eigenvalue weighted by molar-refractivity contribution is -0.220. The number of fused-ring (bicyclic) bond motifs is 5. The standard InChI is InChI=1S/C54H55N3O6/c58-42-22-10-31(25-45(42)61)9-19-38-39-4-1-5-43(59)47(39)49(63)48(62)40(38)20-8-30-6-11-32(12-7-30)41-21-13-33-26-36-3-2-24-53(36)37-17-16-34-14-15-35-18-23-44(60)50(52(34,35)27-37)54(53,51(33)57-41)46-28-55-29-56-46/h1,4-7,9-13,16-19,21-23,25,28-29,33-37,41,44,50-51,57-63H,2-3,8,14-15,20,24,26-27H2,(H,55,56). The fourth-order valence-corrected chi connectivity index (χ4v) is 15.6. The number of aromatic nitrogens is 2. The molecule has 2 heterocycles. The lowest BCUT2D eigenvalue weighted by Gasteiger charge is -2.75. The van der Waals surface area contributed by atoms with Crippen molar-refractivity contribution in [3.8, 4) is 28.7 Å². The molecule has 322 valence electrons. The summed E-state index contributed by atoms with van der Waals surface area (Å²) in [5, 5.41) is 71.0. The molecule has 12 rings (SSSR count). The van der Waals surface area contributed by atoms with Gasteiger partial charge in [0.15, 0.2) is 23.0 Å². The average molecular weight is 842 g/mol. The largest absolute Gasteiger partial charge is 0.507 e. The molecule has 1 aromatic heterocycles. The third kappa shape index (κ3) is 5.26. The number of nitrogens with zero attached hydrogens (tertiary/aromatic N) is 1. The second kappa shape index (κ2) is 14.1. The smallest absolute Gasteiger partial charge is 0.169 e. The molecule has 9 heteroatoms. The third-order valence-electron chi connectivity index (χ3n) is 17.8. The van der Waals surface area contributed by atoms with Crippen LogP contribution in [-0.4, -0.2) is 52.8 Å². The van der Waals surface area contributed by atoms with E-state index in [0.29, 0.717) is 64.5 Å². The van der Waals surface area contributed by atoms with Crippen LogP contribution in [0, 0.1) is 46.3 Å². The Morgan fingerprint density at radius 2 is 1.57 bits per heavy atom. The maximum atomic E-state index is 12.6. The van der Waals surface area contributed by atoms with E-state index >= 15 is 0 Å². The first kappa shape index (κ1) is 38.9. The topological polar surface area (TPSA) is 162 Å². The summed E-state index contributed by atoms with van der Waals surface area (Å²) in [6, 6.07) is 18.3. The van der Waals surface area contributed by atoms with Gasteiger partial charge in [0.25, 0.3) is 0 Å². The summed E-state index contributed by atoms with van der Waals surface area (Å²) in [4.78, 5) is 8.51. The van der Waals surface area contributed by atoms with Crippen LogP contribution in [0.5, 0.6) is 28.7 Å². The number of phenolic OH excluding ortho intramolecular Hbond substituents is 5. The van der Waals surface area contributed by atoms with E-state index in [0.717, 1.165) is 12.0 Å². The van der Waals surface area contributed by atoms with Crippen molar-refractivity contribution in [1.29, 1.82) is 0 Å². The molecule has 6 aliphatic carbocycles. The highest BCUT2D eigenvalue weighted by molar-refractivity contribution is 6.03. The number of benzene rings is 4. The first-order valence-electron chi connectivity index (χ1n) is 23.1. The first-order valence-corrected chi connectivity index (χ1v) is 23.1. The fraction of sp³-hybridized carbons (Fsp3) is 0.389. The number of allylic oxidation sites excluding steroid dienone is 3. The number of imidazole rings is 1. The van der Waals surface area contributed by atoms with E-state index in [1.54, 1.807) is 24.3 Å². The first-order chi connectivity index (χ1) is 30.6. The van der Waals surface area contributed by atoms with Crippen molar-refractivity contribution in [2.24, 2.45) is 46.3 Å². The molecule has 8 N–H and O–H groups in total. The van der Waals surface area contributed by atoms with Gasteiger partial charge in [-0.2, -0.15) is 0 Å². The van der Waals surface area contributed by atoms with E-state index in [1.807, 2.05) is 12.4 Å². The van der Waals surface area contributed by atoms with Crippen molar-refractivity contribution in [1.82, 2.24) is 15.3 Å². The van der Waals surface area contributed by atoms with Crippen LogP contribution >= 0.6 is 0 Å². The maximum Gasteiger partial charge on any atom is 0.169 e. The maximum absolute atomic E-state index is 12.6. The summed E-state index contributed by atoms with van der Waals surface area (Å²) in [7, 11) is 0. The van der Waals surface area contributed by atoms with E-state index in [-0.39, 0.29) is 68.4 Å². The molecule has 2 bridgehead atoms. The Balaban J connectivity index is 0.886. The van der Waals surface area contributed by atoms with Crippen LogP contribution in [-0.2, 0) is 18.3 Å². The predicted octanol–water partition coefficient (Wildman–Crippen LogP) is 9.51. The molecule has 12 unspecified atom stereocenters. The molecule has 9 nitrogen and oxygen atoms in total. The molecule has 4 aromatic carbocycles. The molecular weight excluding hydrogens is 787 g/mol. The van der Waals surface area contributed by atoms with Crippen molar-refractivity contribution < 1.29 is 30.6 Å². The van der Waals surface area contributed by atoms with Gasteiger partial charge in [0.1, 0.15) is 5.75 Å². The van der Waals surface area contributed by atoms with Gasteiger partial charge in [-0.25, -0.2) is 4.98 Å². The number of aromatic amines is 1. The molecule has 0 saturated heterocycles. The molecule has 1 aliphatic heterocycles. The van der Waals surface area contributed by atoms with Crippen molar-refractivity contribution in [2.75, 3.05) is 0 Å². The second-order valence-corrected chi connectivity index (χ2v) is 19.9. The van der Waals surface area contributed by atoms with Gasteiger partial charge in [-0.1, -0.05) is 97.5 Å². The monoisotopic (exact) mass is 841 g/mol. The van der Waals surface area contributed by atoms with Crippen molar-refractivity contribution in [3.63, 3.8) is 0 Å². The molecule has 12 atom stereocenters. The molecular formula is C54H55N3O6. The zero-order valence-electron chi connectivity index (χ0n) is 35.2. The van der Waals surface area contributed by atoms with Crippen LogP contribution in [0.25, 0.3) is 22.9 Å². The van der Waals surface area contributed by atoms with Crippen molar-refractivity contribution in [3.05, 3.63) is 143 Å². The minimum absolute atomic E-state index is 0.00531. The quantitative estimate of drug-likeness (QED) is 0.0457. The SMILES string of the molecule is Oc1ccc(C=Cc2c(CCc3ccc(C4C=CC5CC6CCCC67C6C=CC8CCC9C=CC(O)C(C98C6)C7(c6cnc[nH]6)C5N4)cc3)c(O)c(O)c3c(O)cccc23)cc1O. The van der Waals surface area contributed by atoms with Crippen LogP contribution in [0.1, 0.15) is 84.5 Å². The Morgan fingerprint density at radius 3 is 2.37 bits per heavy atom. The highest BCUT2D eigenvalue weighted by Gasteiger charge is 2.80. The van der Waals surface area contributed by atoms with Gasteiger partial charge in [-0.05, 0) is 138 Å². The number of H-pyrrole nitrogens is 1. The number of phenols is 5. The van der Waals surface area contributed by atoms with Crippen LogP contribution in [0.15, 0.2) is 110 Å². The number of hydrogen-bond acceptors (Lipinski definition) is 8. The summed E-state index contributed by atoms with van der Waals surface area (Å²) < 4.78 is 0. The van der Waals surface area contributed by atoms with Gasteiger partial charge < -0.3 is 40.9 Å². The summed E-state index contributed by atoms with van der Waals surface area (Å²) in [5.74, 6) is 1.10. The van der Waals surface area contributed by atoms with E-state index in [2.05, 4.69) is 77.2 Å². The number of nitrogens with one attached hydrogen (secondary N) is 2.